The lowest BCUT2D eigenvalue weighted by molar-refractivity contribution is -0.117. The van der Waals surface area contributed by atoms with Crippen LogP contribution < -0.4 is 10.1 Å². The smallest absolute Gasteiger partial charge is 0.244 e. The summed E-state index contributed by atoms with van der Waals surface area (Å²) in [5.74, 6) is 0.804. The van der Waals surface area contributed by atoms with E-state index in [4.69, 9.17) is 4.74 Å². The number of nitrogens with one attached hydrogen (secondary N) is 1. The normalized spacial score (nSPS) is 12.7. The number of rotatable bonds is 13. The molecule has 0 radical (unpaired) electrons. The number of ether oxygens (including phenoxy) is 1. The minimum absolute atomic E-state index is 0.0476. The van der Waals surface area contributed by atoms with Crippen LogP contribution in [-0.4, -0.2) is 24.0 Å². The molecule has 0 aliphatic heterocycles. The molecule has 1 atom stereocenters. The molecule has 32 heavy (non-hydrogen) atoms. The zero-order valence-electron chi connectivity index (χ0n) is 20.1. The van der Waals surface area contributed by atoms with Crippen molar-refractivity contribution in [2.24, 2.45) is 0 Å². The first-order valence-corrected chi connectivity index (χ1v) is 11.7. The fourth-order valence-electron chi connectivity index (χ4n) is 3.68. The van der Waals surface area contributed by atoms with Crippen molar-refractivity contribution in [1.82, 2.24) is 10.3 Å². The van der Waals surface area contributed by atoms with Crippen LogP contribution in [-0.2, 0) is 11.2 Å². The molecule has 1 amide bonds. The summed E-state index contributed by atoms with van der Waals surface area (Å²) in [5, 5.41) is 3.07. The predicted octanol–water partition coefficient (Wildman–Crippen LogP) is 6.45. The van der Waals surface area contributed by atoms with Crippen molar-refractivity contribution in [2.45, 2.75) is 71.8 Å². The average Bonchev–Trinajstić information content (AvgIpc) is 2.78. The van der Waals surface area contributed by atoms with Crippen molar-refractivity contribution in [3.8, 4) is 5.75 Å². The monoisotopic (exact) mass is 434 g/mol. The summed E-state index contributed by atoms with van der Waals surface area (Å²) in [6.07, 6.45) is 16.8. The fraction of sp³-hybridized carbons (Fsp3) is 0.429. The molecule has 0 unspecified atom stereocenters. The van der Waals surface area contributed by atoms with Crippen molar-refractivity contribution in [2.75, 3.05) is 7.11 Å². The molecule has 4 nitrogen and oxygen atoms in total. The quantitative estimate of drug-likeness (QED) is 0.224. The summed E-state index contributed by atoms with van der Waals surface area (Å²) < 4.78 is 5.27. The van der Waals surface area contributed by atoms with E-state index >= 15 is 0 Å². The minimum atomic E-state index is -0.0476. The van der Waals surface area contributed by atoms with Crippen LogP contribution in [0.2, 0.25) is 0 Å². The van der Waals surface area contributed by atoms with Crippen molar-refractivity contribution in [1.29, 1.82) is 0 Å². The number of benzene rings is 1. The molecule has 0 aliphatic rings. The number of nitrogens with zero attached hydrogens (tertiary/aromatic N) is 1. The lowest BCUT2D eigenvalue weighted by Crippen LogP contribution is -2.31. The van der Waals surface area contributed by atoms with Gasteiger partial charge in [0.15, 0.2) is 0 Å². The maximum atomic E-state index is 12.3. The first-order chi connectivity index (χ1) is 15.5. The van der Waals surface area contributed by atoms with Gasteiger partial charge < -0.3 is 10.1 Å². The zero-order valence-corrected chi connectivity index (χ0v) is 20.1. The Kier molecular flexibility index (Phi) is 11.3. The lowest BCUT2D eigenvalue weighted by atomic mass is 9.99. The largest absolute Gasteiger partial charge is 0.497 e. The van der Waals surface area contributed by atoms with Crippen molar-refractivity contribution in [3.63, 3.8) is 0 Å². The molecule has 0 saturated heterocycles. The van der Waals surface area contributed by atoms with Crippen molar-refractivity contribution in [3.05, 3.63) is 77.6 Å². The van der Waals surface area contributed by atoms with Gasteiger partial charge in [-0.1, -0.05) is 50.1 Å². The van der Waals surface area contributed by atoms with Crippen LogP contribution in [0.1, 0.15) is 69.1 Å². The topological polar surface area (TPSA) is 51.2 Å². The van der Waals surface area contributed by atoms with Crippen LogP contribution in [0.15, 0.2) is 61.0 Å². The Balaban J connectivity index is 1.86. The van der Waals surface area contributed by atoms with E-state index in [-0.39, 0.29) is 11.9 Å². The summed E-state index contributed by atoms with van der Waals surface area (Å²) in [4.78, 5) is 16.6. The van der Waals surface area contributed by atoms with Crippen LogP contribution in [0.3, 0.4) is 0 Å². The number of unbranched alkanes of at least 4 members (excludes halogenated alkanes) is 2. The SMILES string of the molecule is CCCCC/C(=C\C=C\C(=O)N[C@H](C)CCCc1cncc(C)c1)c1ccc(OC)cc1. The van der Waals surface area contributed by atoms with Gasteiger partial charge in [0.2, 0.25) is 5.91 Å². The molecule has 1 heterocycles. The third-order valence-corrected chi connectivity index (χ3v) is 5.48. The number of hydrogen-bond acceptors (Lipinski definition) is 3. The van der Waals surface area contributed by atoms with Gasteiger partial charge >= 0.3 is 0 Å². The van der Waals surface area contributed by atoms with Gasteiger partial charge in [-0.25, -0.2) is 0 Å². The van der Waals surface area contributed by atoms with Gasteiger partial charge in [0.25, 0.3) is 0 Å². The van der Waals surface area contributed by atoms with E-state index < -0.39 is 0 Å². The number of aromatic nitrogens is 1. The van der Waals surface area contributed by atoms with Gasteiger partial charge in [0.1, 0.15) is 5.75 Å². The summed E-state index contributed by atoms with van der Waals surface area (Å²) in [6.45, 7) is 6.33. The number of hydrogen-bond donors (Lipinski definition) is 1. The van der Waals surface area contributed by atoms with Crippen molar-refractivity contribution < 1.29 is 9.53 Å². The predicted molar refractivity (Wildman–Crippen MR) is 134 cm³/mol. The Morgan fingerprint density at radius 3 is 2.62 bits per heavy atom. The van der Waals surface area contributed by atoms with Crippen LogP contribution in [0, 0.1) is 6.92 Å². The molecule has 1 aromatic heterocycles. The molecule has 172 valence electrons. The van der Waals surface area contributed by atoms with E-state index in [9.17, 15) is 4.79 Å². The maximum absolute atomic E-state index is 12.3. The summed E-state index contributed by atoms with van der Waals surface area (Å²) in [7, 11) is 1.68. The van der Waals surface area contributed by atoms with Crippen LogP contribution >= 0.6 is 0 Å². The molecule has 2 aromatic rings. The van der Waals surface area contributed by atoms with E-state index in [2.05, 4.69) is 55.3 Å². The van der Waals surface area contributed by atoms with Gasteiger partial charge in [-0.05, 0) is 80.3 Å². The summed E-state index contributed by atoms with van der Waals surface area (Å²) >= 11 is 0. The second-order valence-electron chi connectivity index (χ2n) is 8.41. The molecule has 4 heteroatoms. The van der Waals surface area contributed by atoms with Crippen LogP contribution in [0.25, 0.3) is 5.57 Å². The average molecular weight is 435 g/mol. The highest BCUT2D eigenvalue weighted by Gasteiger charge is 2.06. The maximum Gasteiger partial charge on any atom is 0.244 e. The standard InChI is InChI=1S/C28H38N2O2/c1-5-6-7-12-25(26-15-17-27(32-4)18-16-26)13-9-14-28(31)30-23(3)10-8-11-24-19-22(2)20-29-21-24/h9,13-21,23H,5-8,10-12H2,1-4H3,(H,30,31)/b14-9+,25-13+/t23-/m1/s1. The van der Waals surface area contributed by atoms with E-state index in [1.807, 2.05) is 30.6 Å². The van der Waals surface area contributed by atoms with E-state index in [1.165, 1.54) is 35.1 Å². The first-order valence-electron chi connectivity index (χ1n) is 11.7. The highest BCUT2D eigenvalue weighted by atomic mass is 16.5. The molecule has 0 spiro atoms. The number of amides is 1. The number of pyridine rings is 1. The number of aryl methyl sites for hydroxylation is 2. The Hall–Kier alpha value is -2.88. The Morgan fingerprint density at radius 2 is 1.94 bits per heavy atom. The second kappa shape index (κ2) is 14.2. The van der Waals surface area contributed by atoms with Crippen LogP contribution in [0.5, 0.6) is 5.75 Å². The lowest BCUT2D eigenvalue weighted by Gasteiger charge is -2.12. The molecule has 0 fully saturated rings. The van der Waals surface area contributed by atoms with E-state index in [1.54, 1.807) is 13.2 Å². The highest BCUT2D eigenvalue weighted by Crippen LogP contribution is 2.23. The molecule has 0 saturated carbocycles. The van der Waals surface area contributed by atoms with Crippen molar-refractivity contribution >= 4 is 11.5 Å². The molecule has 0 aliphatic carbocycles. The number of methoxy groups -OCH3 is 1. The molecule has 2 rings (SSSR count). The molecule has 1 aromatic carbocycles. The van der Waals surface area contributed by atoms with Gasteiger partial charge in [0, 0.05) is 24.5 Å². The Morgan fingerprint density at radius 1 is 1.16 bits per heavy atom. The van der Waals surface area contributed by atoms with E-state index in [0.717, 1.165) is 37.9 Å². The minimum Gasteiger partial charge on any atom is -0.497 e. The second-order valence-corrected chi connectivity index (χ2v) is 8.41. The Labute approximate surface area is 193 Å². The zero-order chi connectivity index (χ0) is 23.2. The Bertz CT molecular complexity index is 885. The molecular weight excluding hydrogens is 396 g/mol. The first kappa shape index (κ1) is 25.4. The van der Waals surface area contributed by atoms with Crippen LogP contribution in [0.4, 0.5) is 0 Å². The molecular formula is C28H38N2O2. The summed E-state index contributed by atoms with van der Waals surface area (Å²) in [5.41, 5.74) is 4.85. The van der Waals surface area contributed by atoms with Gasteiger partial charge in [0.05, 0.1) is 7.11 Å². The third kappa shape index (κ3) is 9.51. The van der Waals surface area contributed by atoms with Gasteiger partial charge in [-0.2, -0.15) is 0 Å². The fourth-order valence-corrected chi connectivity index (χ4v) is 3.68. The van der Waals surface area contributed by atoms with E-state index in [0.29, 0.717) is 0 Å². The number of carbonyl (C=O) groups excluding carboxylic acids is 1. The summed E-state index contributed by atoms with van der Waals surface area (Å²) in [6, 6.07) is 10.4. The van der Waals surface area contributed by atoms with Gasteiger partial charge in [-0.3, -0.25) is 9.78 Å². The molecule has 1 N–H and O–H groups in total. The molecule has 0 bridgehead atoms. The number of carbonyl (C=O) groups is 1. The van der Waals surface area contributed by atoms with Gasteiger partial charge in [-0.15, -0.1) is 0 Å². The highest BCUT2D eigenvalue weighted by molar-refractivity contribution is 5.88. The number of allylic oxidation sites excluding steroid dienone is 3. The third-order valence-electron chi connectivity index (χ3n) is 5.48.